The number of alkyl halides is 3. The molecule has 0 atom stereocenters. The standard InChI is InChI=1S/C10H17F3N3O3PS/c1-14(2)10(20-21,15(3)4)16(6-8(18)19)7(17)5-9(11,12)13/h5-6H2,1-4H3,(H,18,19). The zero-order valence-electron chi connectivity index (χ0n) is 12.0. The molecule has 0 radical (unpaired) electrons. The van der Waals surface area contributed by atoms with Crippen LogP contribution < -0.4 is 0 Å². The summed E-state index contributed by atoms with van der Waals surface area (Å²) in [6, 6.07) is 0. The van der Waals surface area contributed by atoms with Crippen molar-refractivity contribution in [3.8, 4) is 0 Å². The maximum absolute atomic E-state index is 12.4. The van der Waals surface area contributed by atoms with Crippen molar-refractivity contribution >= 4 is 31.0 Å². The summed E-state index contributed by atoms with van der Waals surface area (Å²) < 4.78 is 37.3. The number of hydrogen-bond acceptors (Lipinski definition) is 5. The molecule has 0 heterocycles. The van der Waals surface area contributed by atoms with E-state index < -0.39 is 36.5 Å². The number of nitrogens with zero attached hydrogens (tertiary/aromatic N) is 3. The van der Waals surface area contributed by atoms with Crippen LogP contribution in [0.15, 0.2) is 0 Å². The summed E-state index contributed by atoms with van der Waals surface area (Å²) in [7, 11) is 6.13. The maximum atomic E-state index is 12.4. The predicted octanol–water partition coefficient (Wildman–Crippen LogP) is 0.995. The van der Waals surface area contributed by atoms with Crippen LogP contribution in [-0.4, -0.2) is 78.1 Å². The molecule has 0 aromatic rings. The second kappa shape index (κ2) is 7.44. The van der Waals surface area contributed by atoms with Crippen LogP contribution in [0, 0.1) is 0 Å². The van der Waals surface area contributed by atoms with E-state index in [9.17, 15) is 22.8 Å². The fourth-order valence-electron chi connectivity index (χ4n) is 1.86. The van der Waals surface area contributed by atoms with E-state index in [-0.39, 0.29) is 7.36 Å². The molecule has 11 heteroatoms. The molecule has 0 aliphatic rings. The van der Waals surface area contributed by atoms with Crippen LogP contribution in [-0.2, 0) is 21.4 Å². The third-order valence-corrected chi connectivity index (χ3v) is 4.65. The molecule has 1 N–H and O–H groups in total. The van der Waals surface area contributed by atoms with Gasteiger partial charge in [0.2, 0.25) is 11.4 Å². The normalized spacial score (nSPS) is 13.0. The lowest BCUT2D eigenvalue weighted by atomic mass is 10.3. The number of aliphatic carboxylic acids is 1. The van der Waals surface area contributed by atoms with E-state index >= 15 is 0 Å². The SMILES string of the molecule is CN(C)C(P=S)(N(C)C)N(CC(=O)O)C(=O)CC(F)(F)F. The second-order valence-electron chi connectivity index (χ2n) is 4.65. The van der Waals surface area contributed by atoms with Crippen LogP contribution in [0.1, 0.15) is 6.42 Å². The molecule has 0 aliphatic carbocycles. The number of carbonyl (C=O) groups is 2. The number of rotatable bonds is 7. The van der Waals surface area contributed by atoms with Crippen molar-refractivity contribution in [3.05, 3.63) is 0 Å². The third kappa shape index (κ3) is 5.14. The Hall–Kier alpha value is -0.830. The minimum Gasteiger partial charge on any atom is -0.480 e. The summed E-state index contributed by atoms with van der Waals surface area (Å²) in [5, 5.41) is 8.90. The van der Waals surface area contributed by atoms with E-state index in [2.05, 4.69) is 0 Å². The van der Waals surface area contributed by atoms with Crippen molar-refractivity contribution in [2.75, 3.05) is 34.7 Å². The van der Waals surface area contributed by atoms with E-state index in [1.165, 1.54) is 38.0 Å². The molecule has 0 saturated heterocycles. The van der Waals surface area contributed by atoms with Crippen LogP contribution in [0.4, 0.5) is 13.2 Å². The summed E-state index contributed by atoms with van der Waals surface area (Å²) in [5.41, 5.74) is -1.46. The van der Waals surface area contributed by atoms with E-state index in [0.29, 0.717) is 4.90 Å². The highest BCUT2D eigenvalue weighted by atomic mass is 32.4. The van der Waals surface area contributed by atoms with Gasteiger partial charge < -0.3 is 5.11 Å². The van der Waals surface area contributed by atoms with Gasteiger partial charge in [-0.2, -0.15) is 13.2 Å². The summed E-state index contributed by atoms with van der Waals surface area (Å²) >= 11 is 4.95. The Morgan fingerprint density at radius 1 is 1.14 bits per heavy atom. The minimum absolute atomic E-state index is 0.0981. The first kappa shape index (κ1) is 20.2. The van der Waals surface area contributed by atoms with Gasteiger partial charge in [-0.15, -0.1) is 0 Å². The summed E-state index contributed by atoms with van der Waals surface area (Å²) in [6.45, 7) is -0.880. The maximum Gasteiger partial charge on any atom is 0.397 e. The highest BCUT2D eigenvalue weighted by Gasteiger charge is 2.46. The molecule has 0 fully saturated rings. The van der Waals surface area contributed by atoms with Gasteiger partial charge in [0.15, 0.2) is 0 Å². The lowest BCUT2D eigenvalue weighted by molar-refractivity contribution is -0.176. The third-order valence-electron chi connectivity index (χ3n) is 2.63. The Kier molecular flexibility index (Phi) is 7.14. The Balaban J connectivity index is 5.81. The molecule has 0 aromatic carbocycles. The first-order valence-electron chi connectivity index (χ1n) is 5.67. The van der Waals surface area contributed by atoms with Crippen molar-refractivity contribution in [1.29, 1.82) is 0 Å². The van der Waals surface area contributed by atoms with Crippen molar-refractivity contribution in [3.63, 3.8) is 0 Å². The van der Waals surface area contributed by atoms with Crippen LogP contribution in [0.3, 0.4) is 0 Å². The molecule has 0 aliphatic heterocycles. The highest BCUT2D eigenvalue weighted by molar-refractivity contribution is 7.97. The number of carboxylic acids is 1. The lowest BCUT2D eigenvalue weighted by Gasteiger charge is -2.48. The van der Waals surface area contributed by atoms with Gasteiger partial charge in [0.25, 0.3) is 0 Å². The number of halogens is 3. The zero-order valence-corrected chi connectivity index (χ0v) is 13.7. The van der Waals surface area contributed by atoms with Gasteiger partial charge in [0, 0.05) is 7.36 Å². The van der Waals surface area contributed by atoms with Crippen LogP contribution >= 0.6 is 7.36 Å². The molecule has 0 unspecified atom stereocenters. The van der Waals surface area contributed by atoms with Crippen LogP contribution in [0.2, 0.25) is 0 Å². The molecular weight excluding hydrogens is 330 g/mol. The summed E-state index contributed by atoms with van der Waals surface area (Å²) in [5.74, 6) is -2.76. The quantitative estimate of drug-likeness (QED) is 0.548. The monoisotopic (exact) mass is 347 g/mol. The Bertz CT molecular complexity index is 410. The molecule has 122 valence electrons. The Labute approximate surface area is 127 Å². The van der Waals surface area contributed by atoms with Gasteiger partial charge in [-0.05, 0) is 28.2 Å². The first-order chi connectivity index (χ1) is 9.38. The first-order valence-corrected chi connectivity index (χ1v) is 7.57. The molecule has 0 spiro atoms. The van der Waals surface area contributed by atoms with Gasteiger partial charge in [0.05, 0.1) is 0 Å². The van der Waals surface area contributed by atoms with Crippen molar-refractivity contribution in [1.82, 2.24) is 14.7 Å². The smallest absolute Gasteiger partial charge is 0.397 e. The number of amides is 1. The topological polar surface area (TPSA) is 64.1 Å². The number of carbonyl (C=O) groups excluding carboxylic acids is 1. The number of hydrogen-bond donors (Lipinski definition) is 1. The zero-order chi connectivity index (χ0) is 17.0. The van der Waals surface area contributed by atoms with Crippen LogP contribution in [0.25, 0.3) is 0 Å². The summed E-state index contributed by atoms with van der Waals surface area (Å²) in [6.07, 6.45) is -6.47. The molecular formula is C10H17F3N3O3PS. The van der Waals surface area contributed by atoms with Gasteiger partial charge >= 0.3 is 12.1 Å². The average Bonchev–Trinajstić information content (AvgIpc) is 2.25. The van der Waals surface area contributed by atoms with Crippen molar-refractivity contribution in [2.24, 2.45) is 0 Å². The molecule has 0 aromatic heterocycles. The Morgan fingerprint density at radius 3 is 1.81 bits per heavy atom. The van der Waals surface area contributed by atoms with E-state index in [1.807, 2.05) is 0 Å². The Morgan fingerprint density at radius 2 is 1.57 bits per heavy atom. The van der Waals surface area contributed by atoms with Gasteiger partial charge in [0.1, 0.15) is 13.0 Å². The van der Waals surface area contributed by atoms with Crippen molar-refractivity contribution < 1.29 is 27.9 Å². The van der Waals surface area contributed by atoms with Gasteiger partial charge in [-0.3, -0.25) is 24.3 Å². The molecule has 21 heavy (non-hydrogen) atoms. The van der Waals surface area contributed by atoms with Gasteiger partial charge in [-0.25, -0.2) is 0 Å². The molecule has 0 rings (SSSR count). The molecule has 6 nitrogen and oxygen atoms in total. The molecule has 1 amide bonds. The molecule has 0 bridgehead atoms. The minimum atomic E-state index is -4.73. The van der Waals surface area contributed by atoms with E-state index in [0.717, 1.165) is 0 Å². The predicted molar refractivity (Wildman–Crippen MR) is 74.4 cm³/mol. The van der Waals surface area contributed by atoms with Crippen LogP contribution in [0.5, 0.6) is 0 Å². The van der Waals surface area contributed by atoms with E-state index in [1.54, 1.807) is 0 Å². The van der Waals surface area contributed by atoms with Gasteiger partial charge in [-0.1, -0.05) is 11.8 Å². The fraction of sp³-hybridized carbons (Fsp3) is 0.800. The summed E-state index contributed by atoms with van der Waals surface area (Å²) in [4.78, 5) is 26.4. The van der Waals surface area contributed by atoms with E-state index in [4.69, 9.17) is 16.9 Å². The highest BCUT2D eigenvalue weighted by Crippen LogP contribution is 2.34. The largest absolute Gasteiger partial charge is 0.480 e. The number of carboxylic acid groups (broad SMARTS) is 1. The lowest BCUT2D eigenvalue weighted by Crippen LogP contribution is -2.65. The fourth-order valence-corrected chi connectivity index (χ4v) is 3.74. The van der Waals surface area contributed by atoms with Crippen molar-refractivity contribution in [2.45, 2.75) is 18.1 Å². The average molecular weight is 347 g/mol. The second-order valence-corrected chi connectivity index (χ2v) is 5.98. The molecule has 0 saturated carbocycles.